The summed E-state index contributed by atoms with van der Waals surface area (Å²) in [5.41, 5.74) is -1.26. The molecule has 0 radical (unpaired) electrons. The molecule has 0 aromatic heterocycles. The Kier molecular flexibility index (Phi) is 4.31. The van der Waals surface area contributed by atoms with Gasteiger partial charge in [0.15, 0.2) is 11.5 Å². The summed E-state index contributed by atoms with van der Waals surface area (Å²) in [5.74, 6) is -0.364. The van der Waals surface area contributed by atoms with E-state index >= 15 is 0 Å². The molecule has 0 spiro atoms. The molecule has 2 aromatic carbocycles. The minimum atomic E-state index is -1.68. The monoisotopic (exact) mass is 392 g/mol. The first-order valence-corrected chi connectivity index (χ1v) is 10.1. The number of carbonyl (C=O) groups excluding carboxylic acids is 2. The van der Waals surface area contributed by atoms with Gasteiger partial charge in [-0.1, -0.05) is 54.6 Å². The van der Waals surface area contributed by atoms with Crippen LogP contribution in [0, 0.1) is 0 Å². The average molecular weight is 392 g/mol. The van der Waals surface area contributed by atoms with Gasteiger partial charge >= 0.3 is 0 Å². The third-order valence-corrected chi connectivity index (χ3v) is 6.65. The molecule has 1 N–H and O–H groups in total. The smallest absolute Gasteiger partial charge is 0.226 e. The van der Waals surface area contributed by atoms with E-state index in [4.69, 9.17) is 4.74 Å². The molecule has 0 bridgehead atoms. The molecule has 2 atom stereocenters. The van der Waals surface area contributed by atoms with Crippen LogP contribution in [0.2, 0.25) is 0 Å². The fourth-order valence-corrected chi connectivity index (χ4v) is 5.20. The predicted octanol–water partition coefficient (Wildman–Crippen LogP) is 1.53. The first kappa shape index (κ1) is 18.5. The number of morpholine rings is 1. The van der Waals surface area contributed by atoms with Crippen LogP contribution in [0.5, 0.6) is 0 Å². The SMILES string of the molecule is O=C1C[C@@]2(c3ccccc3)C(=O)c3ccccc3[C@]2(O)N1CCN1CCOCC1. The highest BCUT2D eigenvalue weighted by atomic mass is 16.5. The number of aliphatic hydroxyl groups is 1. The van der Waals surface area contributed by atoms with E-state index in [1.54, 1.807) is 18.2 Å². The van der Waals surface area contributed by atoms with Gasteiger partial charge in [-0.05, 0) is 5.56 Å². The molecular weight excluding hydrogens is 368 g/mol. The number of hydrogen-bond acceptors (Lipinski definition) is 5. The van der Waals surface area contributed by atoms with E-state index in [0.717, 1.165) is 13.1 Å². The molecule has 150 valence electrons. The summed E-state index contributed by atoms with van der Waals surface area (Å²) in [7, 11) is 0. The maximum absolute atomic E-state index is 13.6. The van der Waals surface area contributed by atoms with Crippen LogP contribution in [0.1, 0.15) is 27.9 Å². The molecule has 2 saturated heterocycles. The highest BCUT2D eigenvalue weighted by molar-refractivity contribution is 6.14. The number of benzene rings is 2. The summed E-state index contributed by atoms with van der Waals surface area (Å²) >= 11 is 0. The molecule has 1 amide bonds. The molecule has 0 saturated carbocycles. The van der Waals surface area contributed by atoms with Crippen LogP contribution in [-0.4, -0.2) is 66.0 Å². The standard InChI is InChI=1S/C23H24N2O4/c26-20-16-22(17-6-2-1-3-7-17)21(27)18-8-4-5-9-19(18)23(22,28)25(20)11-10-24-12-14-29-15-13-24/h1-9,28H,10-16H2/t22-,23-/m1/s1. The molecule has 3 aliphatic rings. The maximum Gasteiger partial charge on any atom is 0.226 e. The van der Waals surface area contributed by atoms with Crippen molar-refractivity contribution < 1.29 is 19.4 Å². The first-order valence-electron chi connectivity index (χ1n) is 10.1. The Morgan fingerprint density at radius 2 is 1.62 bits per heavy atom. The molecule has 2 fully saturated rings. The van der Waals surface area contributed by atoms with E-state index in [1.807, 2.05) is 36.4 Å². The van der Waals surface area contributed by atoms with Crippen molar-refractivity contribution in [2.75, 3.05) is 39.4 Å². The van der Waals surface area contributed by atoms with E-state index in [-0.39, 0.29) is 18.1 Å². The van der Waals surface area contributed by atoms with Crippen LogP contribution in [-0.2, 0) is 20.7 Å². The Balaban J connectivity index is 1.60. The molecule has 2 heterocycles. The minimum absolute atomic E-state index is 0.0237. The molecule has 6 nitrogen and oxygen atoms in total. The van der Waals surface area contributed by atoms with Gasteiger partial charge in [-0.2, -0.15) is 0 Å². The normalized spacial score (nSPS) is 29.2. The summed E-state index contributed by atoms with van der Waals surface area (Å²) in [4.78, 5) is 30.6. The zero-order valence-corrected chi connectivity index (χ0v) is 16.2. The predicted molar refractivity (Wildman–Crippen MR) is 106 cm³/mol. The van der Waals surface area contributed by atoms with Gasteiger partial charge in [0, 0.05) is 43.7 Å². The maximum atomic E-state index is 13.6. The molecule has 2 aromatic rings. The second kappa shape index (κ2) is 6.76. The average Bonchev–Trinajstić information content (AvgIpc) is 3.11. The molecule has 5 rings (SSSR count). The number of likely N-dealkylation sites (tertiary alicyclic amines) is 1. The lowest BCUT2D eigenvalue weighted by molar-refractivity contribution is -0.153. The van der Waals surface area contributed by atoms with Gasteiger partial charge in [0.05, 0.1) is 13.2 Å². The summed E-state index contributed by atoms with van der Waals surface area (Å²) in [6.45, 7) is 3.96. The lowest BCUT2D eigenvalue weighted by Crippen LogP contribution is -2.55. The highest BCUT2D eigenvalue weighted by Gasteiger charge is 2.72. The molecule has 29 heavy (non-hydrogen) atoms. The zero-order chi connectivity index (χ0) is 20.1. The lowest BCUT2D eigenvalue weighted by Gasteiger charge is -2.41. The van der Waals surface area contributed by atoms with E-state index in [9.17, 15) is 14.7 Å². The van der Waals surface area contributed by atoms with Crippen LogP contribution < -0.4 is 0 Å². The van der Waals surface area contributed by atoms with Gasteiger partial charge < -0.3 is 14.7 Å². The van der Waals surface area contributed by atoms with Crippen LogP contribution in [0.3, 0.4) is 0 Å². The second-order valence-corrected chi connectivity index (χ2v) is 7.99. The Morgan fingerprint density at radius 1 is 0.931 bits per heavy atom. The van der Waals surface area contributed by atoms with Crippen LogP contribution in [0.15, 0.2) is 54.6 Å². The molecular formula is C23H24N2O4. The number of hydrogen-bond donors (Lipinski definition) is 1. The molecule has 0 unspecified atom stereocenters. The minimum Gasteiger partial charge on any atom is -0.379 e. The Labute approximate surface area is 169 Å². The van der Waals surface area contributed by atoms with Gasteiger partial charge in [-0.15, -0.1) is 0 Å². The Bertz CT molecular complexity index is 956. The largest absolute Gasteiger partial charge is 0.379 e. The Hall–Kier alpha value is -2.54. The number of ketones is 1. The van der Waals surface area contributed by atoms with Crippen molar-refractivity contribution in [1.82, 2.24) is 9.80 Å². The third-order valence-electron chi connectivity index (χ3n) is 6.65. The quantitative estimate of drug-likeness (QED) is 0.855. The number of ether oxygens (including phenoxy) is 1. The Morgan fingerprint density at radius 3 is 2.38 bits per heavy atom. The van der Waals surface area contributed by atoms with Crippen LogP contribution in [0.25, 0.3) is 0 Å². The number of carbonyl (C=O) groups is 2. The molecule has 2 aliphatic heterocycles. The van der Waals surface area contributed by atoms with E-state index in [1.165, 1.54) is 4.90 Å². The fraction of sp³-hybridized carbons (Fsp3) is 0.391. The number of nitrogens with zero attached hydrogens (tertiary/aromatic N) is 2. The van der Waals surface area contributed by atoms with Gasteiger partial charge in [0.2, 0.25) is 5.91 Å². The van der Waals surface area contributed by atoms with Crippen LogP contribution >= 0.6 is 0 Å². The zero-order valence-electron chi connectivity index (χ0n) is 16.2. The van der Waals surface area contributed by atoms with E-state index in [0.29, 0.717) is 43.0 Å². The number of rotatable bonds is 4. The van der Waals surface area contributed by atoms with E-state index in [2.05, 4.69) is 4.90 Å². The van der Waals surface area contributed by atoms with Crippen LogP contribution in [0.4, 0.5) is 0 Å². The van der Waals surface area contributed by atoms with Crippen molar-refractivity contribution >= 4 is 11.7 Å². The van der Waals surface area contributed by atoms with Crippen molar-refractivity contribution in [2.45, 2.75) is 17.6 Å². The van der Waals surface area contributed by atoms with Crippen molar-refractivity contribution in [2.24, 2.45) is 0 Å². The van der Waals surface area contributed by atoms with Crippen molar-refractivity contribution in [1.29, 1.82) is 0 Å². The van der Waals surface area contributed by atoms with Crippen molar-refractivity contribution in [3.63, 3.8) is 0 Å². The molecule has 1 aliphatic carbocycles. The van der Waals surface area contributed by atoms with Gasteiger partial charge in [0.25, 0.3) is 0 Å². The number of amides is 1. The summed E-state index contributed by atoms with van der Waals surface area (Å²) < 4.78 is 5.40. The number of Topliss-reactive ketones (excluding diaryl/α,β-unsaturated/α-hetero) is 1. The fourth-order valence-electron chi connectivity index (χ4n) is 5.20. The van der Waals surface area contributed by atoms with E-state index < -0.39 is 11.1 Å². The van der Waals surface area contributed by atoms with Gasteiger partial charge in [0.1, 0.15) is 5.41 Å². The van der Waals surface area contributed by atoms with Crippen molar-refractivity contribution in [3.8, 4) is 0 Å². The first-order chi connectivity index (χ1) is 14.1. The van der Waals surface area contributed by atoms with Crippen molar-refractivity contribution in [3.05, 3.63) is 71.3 Å². The van der Waals surface area contributed by atoms with Gasteiger partial charge in [-0.25, -0.2) is 0 Å². The summed E-state index contributed by atoms with van der Waals surface area (Å²) in [6.07, 6.45) is -0.0237. The lowest BCUT2D eigenvalue weighted by atomic mass is 9.71. The molecule has 6 heteroatoms. The topological polar surface area (TPSA) is 70.1 Å². The third kappa shape index (κ3) is 2.46. The van der Waals surface area contributed by atoms with Gasteiger partial charge in [-0.3, -0.25) is 14.5 Å². The second-order valence-electron chi connectivity index (χ2n) is 7.99. The highest BCUT2D eigenvalue weighted by Crippen LogP contribution is 2.59. The summed E-state index contributed by atoms with van der Waals surface area (Å²) in [5, 5.41) is 12.2. The number of fused-ring (bicyclic) bond motifs is 3. The summed E-state index contributed by atoms with van der Waals surface area (Å²) in [6, 6.07) is 16.4.